The summed E-state index contributed by atoms with van der Waals surface area (Å²) in [6.45, 7) is 12.7. The van der Waals surface area contributed by atoms with E-state index in [1.807, 2.05) is 33.0 Å². The number of hydrogen-bond acceptors (Lipinski definition) is 6. The van der Waals surface area contributed by atoms with Crippen LogP contribution in [0.2, 0.25) is 0 Å². The summed E-state index contributed by atoms with van der Waals surface area (Å²) in [6.07, 6.45) is 7.04. The van der Waals surface area contributed by atoms with Crippen molar-refractivity contribution < 1.29 is 14.7 Å². The van der Waals surface area contributed by atoms with Gasteiger partial charge in [-0.1, -0.05) is 46.8 Å². The minimum absolute atomic E-state index is 0.0917. The predicted molar refractivity (Wildman–Crippen MR) is 131 cm³/mol. The van der Waals surface area contributed by atoms with Crippen molar-refractivity contribution in [2.75, 3.05) is 6.54 Å². The first-order valence-electron chi connectivity index (χ1n) is 12.5. The molecule has 3 heterocycles. The van der Waals surface area contributed by atoms with E-state index in [0.29, 0.717) is 12.5 Å². The predicted octanol–water partition coefficient (Wildman–Crippen LogP) is 2.71. The third-order valence-corrected chi connectivity index (χ3v) is 6.87. The number of likely N-dealkylation sites (tertiary alicyclic amines) is 1. The standard InChI is InChI=1S/C26H38N6O3/c1-25(2,3)19-9-10-27-12-17(19)13-28-23(34)21-11-18(33)14-31(21)24(35)22(26(4,5)6)32-15-20(29-30-32)16-7-8-16/h9-10,12,15-16,18,21-22,33H,7-8,11,13-14H2,1-6H3,(H,28,34)/t18-,21+,22-/m1/s1. The molecule has 0 spiro atoms. The van der Waals surface area contributed by atoms with Gasteiger partial charge in [0.1, 0.15) is 12.1 Å². The number of aliphatic hydroxyl groups is 1. The molecule has 190 valence electrons. The number of carbonyl (C=O) groups excluding carboxylic acids is 2. The second-order valence-electron chi connectivity index (χ2n) is 12.1. The topological polar surface area (TPSA) is 113 Å². The highest BCUT2D eigenvalue weighted by Gasteiger charge is 2.45. The highest BCUT2D eigenvalue weighted by molar-refractivity contribution is 5.90. The Morgan fingerprint density at radius 3 is 2.54 bits per heavy atom. The number of carbonyl (C=O) groups is 2. The monoisotopic (exact) mass is 482 g/mol. The molecule has 3 atom stereocenters. The molecule has 35 heavy (non-hydrogen) atoms. The van der Waals surface area contributed by atoms with Gasteiger partial charge in [0.25, 0.3) is 0 Å². The lowest BCUT2D eigenvalue weighted by atomic mass is 9.84. The molecule has 2 fully saturated rings. The van der Waals surface area contributed by atoms with Crippen molar-refractivity contribution in [1.82, 2.24) is 30.2 Å². The van der Waals surface area contributed by atoms with E-state index in [0.717, 1.165) is 29.7 Å². The van der Waals surface area contributed by atoms with Gasteiger partial charge in [-0.2, -0.15) is 0 Å². The van der Waals surface area contributed by atoms with E-state index < -0.39 is 23.6 Å². The molecule has 2 aromatic rings. The summed E-state index contributed by atoms with van der Waals surface area (Å²) >= 11 is 0. The van der Waals surface area contributed by atoms with Crippen LogP contribution < -0.4 is 5.32 Å². The molecule has 1 saturated carbocycles. The number of rotatable bonds is 6. The van der Waals surface area contributed by atoms with Crippen LogP contribution in [0.4, 0.5) is 0 Å². The normalized spacial score (nSPS) is 21.7. The van der Waals surface area contributed by atoms with Crippen molar-refractivity contribution in [3.63, 3.8) is 0 Å². The molecule has 2 N–H and O–H groups in total. The van der Waals surface area contributed by atoms with Crippen molar-refractivity contribution in [3.8, 4) is 0 Å². The molecule has 1 aliphatic heterocycles. The van der Waals surface area contributed by atoms with Gasteiger partial charge in [-0.25, -0.2) is 4.68 Å². The fourth-order valence-corrected chi connectivity index (χ4v) is 4.93. The summed E-state index contributed by atoms with van der Waals surface area (Å²) in [4.78, 5) is 32.9. The van der Waals surface area contributed by atoms with E-state index >= 15 is 0 Å². The van der Waals surface area contributed by atoms with E-state index in [1.54, 1.807) is 17.1 Å². The first-order valence-corrected chi connectivity index (χ1v) is 12.5. The number of β-amino-alcohol motifs (C(OH)–C–C–N with tert-alkyl or cyclic N) is 1. The van der Waals surface area contributed by atoms with Gasteiger partial charge in [0.2, 0.25) is 11.8 Å². The Morgan fingerprint density at radius 1 is 1.20 bits per heavy atom. The Hall–Kier alpha value is -2.81. The minimum Gasteiger partial charge on any atom is -0.391 e. The number of aliphatic hydroxyl groups excluding tert-OH is 1. The maximum Gasteiger partial charge on any atom is 0.248 e. The summed E-state index contributed by atoms with van der Waals surface area (Å²) in [5.74, 6) is -0.0705. The summed E-state index contributed by atoms with van der Waals surface area (Å²) < 4.78 is 1.64. The van der Waals surface area contributed by atoms with Gasteiger partial charge in [-0.15, -0.1) is 5.10 Å². The molecule has 9 nitrogen and oxygen atoms in total. The zero-order valence-corrected chi connectivity index (χ0v) is 21.7. The van der Waals surface area contributed by atoms with Crippen LogP contribution in [0, 0.1) is 5.41 Å². The first-order chi connectivity index (χ1) is 16.4. The van der Waals surface area contributed by atoms with Crippen LogP contribution in [0.15, 0.2) is 24.7 Å². The Labute approximate surface area is 207 Å². The largest absolute Gasteiger partial charge is 0.391 e. The van der Waals surface area contributed by atoms with Crippen LogP contribution in [0.1, 0.15) is 89.6 Å². The molecule has 0 radical (unpaired) electrons. The lowest BCUT2D eigenvalue weighted by Crippen LogP contribution is -2.50. The zero-order chi connectivity index (χ0) is 25.5. The quantitative estimate of drug-likeness (QED) is 0.655. The Balaban J connectivity index is 1.52. The summed E-state index contributed by atoms with van der Waals surface area (Å²) in [5.41, 5.74) is 2.41. The maximum absolute atomic E-state index is 13.8. The third-order valence-electron chi connectivity index (χ3n) is 6.87. The van der Waals surface area contributed by atoms with E-state index in [4.69, 9.17) is 0 Å². The summed E-state index contributed by atoms with van der Waals surface area (Å²) in [6, 6.07) is 0.593. The van der Waals surface area contributed by atoms with Gasteiger partial charge in [0.05, 0.1) is 11.8 Å². The molecular weight excluding hydrogens is 444 g/mol. The number of amides is 2. The van der Waals surface area contributed by atoms with Gasteiger partial charge in [0, 0.05) is 44.0 Å². The van der Waals surface area contributed by atoms with E-state index in [9.17, 15) is 14.7 Å². The molecular formula is C26H38N6O3. The van der Waals surface area contributed by atoms with Gasteiger partial charge >= 0.3 is 0 Å². The van der Waals surface area contributed by atoms with Crippen LogP contribution in [0.25, 0.3) is 0 Å². The molecule has 9 heteroatoms. The number of pyridine rings is 1. The second kappa shape index (κ2) is 9.33. The SMILES string of the molecule is CC(C)(C)c1ccncc1CNC(=O)[C@@H]1C[C@@H](O)CN1C(=O)[C@@H](n1cc(C2CC2)nn1)C(C)(C)C. The molecule has 2 aliphatic rings. The van der Waals surface area contributed by atoms with Gasteiger partial charge in [-0.05, 0) is 40.9 Å². The average molecular weight is 483 g/mol. The van der Waals surface area contributed by atoms with E-state index in [1.165, 1.54) is 4.90 Å². The van der Waals surface area contributed by atoms with E-state index in [-0.39, 0.29) is 30.2 Å². The molecule has 1 saturated heterocycles. The highest BCUT2D eigenvalue weighted by atomic mass is 16.3. The summed E-state index contributed by atoms with van der Waals surface area (Å²) in [7, 11) is 0. The number of nitrogens with one attached hydrogen (secondary N) is 1. The van der Waals surface area contributed by atoms with Crippen molar-refractivity contribution >= 4 is 11.8 Å². The summed E-state index contributed by atoms with van der Waals surface area (Å²) in [5, 5.41) is 22.0. The van der Waals surface area contributed by atoms with Crippen LogP contribution in [-0.2, 0) is 21.5 Å². The molecule has 2 aromatic heterocycles. The fraction of sp³-hybridized carbons (Fsp3) is 0.654. The molecule has 2 amide bonds. The molecule has 1 aliphatic carbocycles. The van der Waals surface area contributed by atoms with E-state index in [2.05, 4.69) is 41.4 Å². The second-order valence-corrected chi connectivity index (χ2v) is 12.1. The van der Waals surface area contributed by atoms with Crippen molar-refractivity contribution in [1.29, 1.82) is 0 Å². The number of nitrogens with zero attached hydrogens (tertiary/aromatic N) is 5. The van der Waals surface area contributed by atoms with Crippen molar-refractivity contribution in [2.45, 2.75) is 96.9 Å². The average Bonchev–Trinajstić information content (AvgIpc) is 3.38. The fourth-order valence-electron chi connectivity index (χ4n) is 4.93. The smallest absolute Gasteiger partial charge is 0.248 e. The Morgan fingerprint density at radius 2 is 1.91 bits per heavy atom. The Kier molecular flexibility index (Phi) is 6.74. The Bertz CT molecular complexity index is 1080. The number of hydrogen-bond donors (Lipinski definition) is 2. The zero-order valence-electron chi connectivity index (χ0n) is 21.7. The third kappa shape index (κ3) is 5.55. The van der Waals surface area contributed by atoms with Gasteiger partial charge in [-0.3, -0.25) is 14.6 Å². The molecule has 0 unspecified atom stereocenters. The lowest BCUT2D eigenvalue weighted by molar-refractivity contribution is -0.144. The molecule has 4 rings (SSSR count). The van der Waals surface area contributed by atoms with Crippen molar-refractivity contribution in [2.24, 2.45) is 5.41 Å². The first kappa shape index (κ1) is 25.3. The molecule has 0 aromatic carbocycles. The highest BCUT2D eigenvalue weighted by Crippen LogP contribution is 2.40. The molecule has 0 bridgehead atoms. The van der Waals surface area contributed by atoms with Gasteiger partial charge < -0.3 is 15.3 Å². The van der Waals surface area contributed by atoms with Gasteiger partial charge in [0.15, 0.2) is 0 Å². The van der Waals surface area contributed by atoms with Crippen molar-refractivity contribution in [3.05, 3.63) is 41.5 Å². The lowest BCUT2D eigenvalue weighted by Gasteiger charge is -2.34. The number of aromatic nitrogens is 4. The van der Waals surface area contributed by atoms with Crippen LogP contribution in [0.3, 0.4) is 0 Å². The van der Waals surface area contributed by atoms with Crippen LogP contribution >= 0.6 is 0 Å². The van der Waals surface area contributed by atoms with Crippen LogP contribution in [-0.4, -0.2) is 60.5 Å². The maximum atomic E-state index is 13.8. The minimum atomic E-state index is -0.753. The van der Waals surface area contributed by atoms with Crippen LogP contribution in [0.5, 0.6) is 0 Å².